The van der Waals surface area contributed by atoms with Gasteiger partial charge < -0.3 is 4.90 Å². The monoisotopic (exact) mass is 455 g/mol. The molecule has 5 rings (SSSR count). The van der Waals surface area contributed by atoms with Crippen molar-refractivity contribution < 1.29 is 9.59 Å². The summed E-state index contributed by atoms with van der Waals surface area (Å²) in [6.07, 6.45) is 6.64. The molecule has 2 heterocycles. The summed E-state index contributed by atoms with van der Waals surface area (Å²) in [4.78, 5) is 30.0. The fraction of sp³-hybridized carbons (Fsp3) is 0.222. The van der Waals surface area contributed by atoms with Crippen LogP contribution < -0.4 is 15.1 Å². The zero-order chi connectivity index (χ0) is 22.8. The number of fused-ring (bicyclic) bond motifs is 1. The second kappa shape index (κ2) is 9.16. The zero-order valence-electron chi connectivity index (χ0n) is 18.3. The molecule has 0 radical (unpaired) electrons. The molecule has 3 aromatic rings. The number of benzene rings is 3. The van der Waals surface area contributed by atoms with Crippen LogP contribution in [-0.4, -0.2) is 30.0 Å². The molecule has 1 N–H and O–H groups in total. The first-order valence-electron chi connectivity index (χ1n) is 11.4. The first kappa shape index (κ1) is 21.3. The lowest BCUT2D eigenvalue weighted by Crippen LogP contribution is -2.54. The van der Waals surface area contributed by atoms with Crippen LogP contribution in [0.25, 0.3) is 16.8 Å². The summed E-state index contributed by atoms with van der Waals surface area (Å²) in [5, 5.41) is 4.67. The van der Waals surface area contributed by atoms with Crippen molar-refractivity contribution >= 4 is 57.4 Å². The van der Waals surface area contributed by atoms with Gasteiger partial charge in [-0.05, 0) is 60.3 Å². The van der Waals surface area contributed by atoms with E-state index in [-0.39, 0.29) is 10.7 Å². The van der Waals surface area contributed by atoms with Crippen molar-refractivity contribution in [2.45, 2.75) is 25.7 Å². The molecule has 0 atom stereocenters. The van der Waals surface area contributed by atoms with E-state index >= 15 is 0 Å². The molecule has 0 aromatic heterocycles. The number of thiocarbonyl (C=S) groups is 1. The van der Waals surface area contributed by atoms with Gasteiger partial charge >= 0.3 is 0 Å². The van der Waals surface area contributed by atoms with Crippen LogP contribution in [-0.2, 0) is 9.59 Å². The fourth-order valence-corrected chi connectivity index (χ4v) is 4.83. The van der Waals surface area contributed by atoms with E-state index < -0.39 is 11.8 Å². The minimum atomic E-state index is -0.474. The lowest BCUT2D eigenvalue weighted by molar-refractivity contribution is -0.122. The van der Waals surface area contributed by atoms with Crippen molar-refractivity contribution in [3.8, 4) is 0 Å². The summed E-state index contributed by atoms with van der Waals surface area (Å²) in [7, 11) is 0. The molecular weight excluding hydrogens is 430 g/mol. The van der Waals surface area contributed by atoms with E-state index in [1.165, 1.54) is 36.3 Å². The van der Waals surface area contributed by atoms with Gasteiger partial charge in [-0.1, -0.05) is 61.4 Å². The molecule has 2 aliphatic heterocycles. The second-order valence-electron chi connectivity index (χ2n) is 8.45. The molecule has 2 fully saturated rings. The predicted molar refractivity (Wildman–Crippen MR) is 137 cm³/mol. The number of nitrogens with one attached hydrogen (secondary N) is 1. The molecule has 2 saturated heterocycles. The summed E-state index contributed by atoms with van der Waals surface area (Å²) in [5.74, 6) is -0.894. The molecule has 0 bridgehead atoms. The van der Waals surface area contributed by atoms with Crippen molar-refractivity contribution in [3.63, 3.8) is 0 Å². The molecule has 0 aliphatic carbocycles. The molecule has 33 heavy (non-hydrogen) atoms. The van der Waals surface area contributed by atoms with Crippen LogP contribution in [0, 0.1) is 0 Å². The molecule has 2 amide bonds. The highest BCUT2D eigenvalue weighted by Gasteiger charge is 2.35. The third kappa shape index (κ3) is 4.26. The summed E-state index contributed by atoms with van der Waals surface area (Å²) >= 11 is 5.38. The van der Waals surface area contributed by atoms with Crippen molar-refractivity contribution in [1.82, 2.24) is 5.32 Å². The average molecular weight is 456 g/mol. The predicted octanol–water partition coefficient (Wildman–Crippen LogP) is 5.05. The highest BCUT2D eigenvalue weighted by atomic mass is 32.1. The van der Waals surface area contributed by atoms with E-state index in [1.807, 2.05) is 54.6 Å². The van der Waals surface area contributed by atoms with Gasteiger partial charge in [-0.2, -0.15) is 0 Å². The zero-order valence-corrected chi connectivity index (χ0v) is 19.1. The second-order valence-corrected chi connectivity index (χ2v) is 8.84. The minimum Gasteiger partial charge on any atom is -0.372 e. The van der Waals surface area contributed by atoms with Gasteiger partial charge in [-0.3, -0.25) is 19.8 Å². The Labute approximate surface area is 198 Å². The number of carbonyl (C=O) groups excluding carboxylic acids is 2. The van der Waals surface area contributed by atoms with Crippen molar-refractivity contribution in [2.75, 3.05) is 22.9 Å². The highest BCUT2D eigenvalue weighted by Crippen LogP contribution is 2.30. The maximum Gasteiger partial charge on any atom is 0.270 e. The standard InChI is InChI=1S/C27H25N3O2S/c31-25-23(18-19-12-14-21(15-13-19)29-16-5-1-2-6-17-29)26(32)30(27(33)28-25)24-11-7-9-20-8-3-4-10-22(20)24/h3-4,7-15,18H,1-2,5-6,16-17H2,(H,28,31,33)/b23-18+. The Balaban J connectivity index is 1.46. The third-order valence-electron chi connectivity index (χ3n) is 6.28. The van der Waals surface area contributed by atoms with Gasteiger partial charge in [0.1, 0.15) is 5.57 Å². The Morgan fingerprint density at radius 2 is 1.52 bits per heavy atom. The summed E-state index contributed by atoms with van der Waals surface area (Å²) in [6.45, 7) is 2.14. The number of nitrogens with zero attached hydrogens (tertiary/aromatic N) is 2. The van der Waals surface area contributed by atoms with Crippen molar-refractivity contribution in [3.05, 3.63) is 77.9 Å². The largest absolute Gasteiger partial charge is 0.372 e. The topological polar surface area (TPSA) is 52.7 Å². The van der Waals surface area contributed by atoms with Crippen LogP contribution in [0.15, 0.2) is 72.3 Å². The van der Waals surface area contributed by atoms with Crippen LogP contribution in [0.4, 0.5) is 11.4 Å². The number of anilines is 2. The number of hydrogen-bond donors (Lipinski definition) is 1. The molecule has 0 unspecified atom stereocenters. The van der Waals surface area contributed by atoms with Crippen LogP contribution in [0.5, 0.6) is 0 Å². The van der Waals surface area contributed by atoms with Crippen LogP contribution >= 0.6 is 12.2 Å². The van der Waals surface area contributed by atoms with Gasteiger partial charge in [0.2, 0.25) is 0 Å². The van der Waals surface area contributed by atoms with Gasteiger partial charge in [0.15, 0.2) is 5.11 Å². The average Bonchev–Trinajstić information content (AvgIpc) is 3.12. The summed E-state index contributed by atoms with van der Waals surface area (Å²) in [6, 6.07) is 21.6. The summed E-state index contributed by atoms with van der Waals surface area (Å²) in [5.41, 5.74) is 2.71. The molecule has 0 saturated carbocycles. The van der Waals surface area contributed by atoms with E-state index in [2.05, 4.69) is 22.3 Å². The van der Waals surface area contributed by atoms with Crippen molar-refractivity contribution in [2.24, 2.45) is 0 Å². The smallest absolute Gasteiger partial charge is 0.270 e. The maximum atomic E-state index is 13.4. The van der Waals surface area contributed by atoms with E-state index in [0.29, 0.717) is 5.69 Å². The Morgan fingerprint density at radius 3 is 2.27 bits per heavy atom. The molecule has 0 spiro atoms. The number of amides is 2. The number of hydrogen-bond acceptors (Lipinski definition) is 4. The molecule has 5 nitrogen and oxygen atoms in total. The molecule has 3 aromatic carbocycles. The number of carbonyl (C=O) groups is 2. The third-order valence-corrected chi connectivity index (χ3v) is 6.57. The molecular formula is C27H25N3O2S. The van der Waals surface area contributed by atoms with Gasteiger partial charge in [0, 0.05) is 24.2 Å². The quantitative estimate of drug-likeness (QED) is 0.341. The molecule has 166 valence electrons. The molecule has 2 aliphatic rings. The van der Waals surface area contributed by atoms with Crippen LogP contribution in [0.2, 0.25) is 0 Å². The lowest BCUT2D eigenvalue weighted by atomic mass is 10.0. The minimum absolute atomic E-state index is 0.0686. The Morgan fingerprint density at radius 1 is 0.818 bits per heavy atom. The normalized spacial score (nSPS) is 18.5. The SMILES string of the molecule is O=C1NC(=S)N(c2cccc3ccccc23)C(=O)/C1=C/c1ccc(N2CCCCCC2)cc1. The lowest BCUT2D eigenvalue weighted by Gasteiger charge is -2.29. The van der Waals surface area contributed by atoms with E-state index in [9.17, 15) is 9.59 Å². The van der Waals surface area contributed by atoms with Gasteiger partial charge in [0.25, 0.3) is 11.8 Å². The van der Waals surface area contributed by atoms with Gasteiger partial charge in [-0.25, -0.2) is 0 Å². The van der Waals surface area contributed by atoms with E-state index in [0.717, 1.165) is 29.4 Å². The van der Waals surface area contributed by atoms with E-state index in [4.69, 9.17) is 12.2 Å². The fourth-order valence-electron chi connectivity index (χ4n) is 4.56. The first-order chi connectivity index (χ1) is 16.1. The maximum absolute atomic E-state index is 13.4. The van der Waals surface area contributed by atoms with Crippen LogP contribution in [0.3, 0.4) is 0 Å². The first-order valence-corrected chi connectivity index (χ1v) is 11.8. The Hall–Kier alpha value is -3.51. The number of rotatable bonds is 3. The Bertz CT molecular complexity index is 1250. The van der Waals surface area contributed by atoms with Crippen molar-refractivity contribution in [1.29, 1.82) is 0 Å². The van der Waals surface area contributed by atoms with E-state index in [1.54, 1.807) is 6.08 Å². The summed E-state index contributed by atoms with van der Waals surface area (Å²) < 4.78 is 0. The highest BCUT2D eigenvalue weighted by molar-refractivity contribution is 7.80. The van der Waals surface area contributed by atoms with Gasteiger partial charge in [-0.15, -0.1) is 0 Å². The van der Waals surface area contributed by atoms with Gasteiger partial charge in [0.05, 0.1) is 5.69 Å². The Kier molecular flexibility index (Phi) is 5.92. The molecule has 6 heteroatoms. The van der Waals surface area contributed by atoms with Crippen LogP contribution in [0.1, 0.15) is 31.2 Å².